The molecule has 0 amide bonds. The molecule has 0 aromatic heterocycles. The van der Waals surface area contributed by atoms with Gasteiger partial charge < -0.3 is 10.0 Å². The lowest BCUT2D eigenvalue weighted by Crippen LogP contribution is -2.43. The summed E-state index contributed by atoms with van der Waals surface area (Å²) in [6.45, 7) is 2.42. The molecule has 4 rings (SSSR count). The summed E-state index contributed by atoms with van der Waals surface area (Å²) in [5.74, 6) is 1.27. The second-order valence-corrected chi connectivity index (χ2v) is 7.92. The van der Waals surface area contributed by atoms with Crippen LogP contribution in [0.5, 0.6) is 0 Å². The lowest BCUT2D eigenvalue weighted by molar-refractivity contribution is -0.137. The van der Waals surface area contributed by atoms with Gasteiger partial charge in [-0.25, -0.2) is 0 Å². The lowest BCUT2D eigenvalue weighted by Gasteiger charge is -2.39. The molecule has 0 bridgehead atoms. The Morgan fingerprint density at radius 3 is 2.37 bits per heavy atom. The third-order valence-electron chi connectivity index (χ3n) is 6.05. The normalized spacial score (nSPS) is 25.3. The van der Waals surface area contributed by atoms with Crippen LogP contribution in [0.1, 0.15) is 41.9 Å². The number of nitrogens with zero attached hydrogens (tertiary/aromatic N) is 1. The largest absolute Gasteiger partial charge is 0.416 e. The van der Waals surface area contributed by atoms with Crippen molar-refractivity contribution < 1.29 is 18.3 Å². The molecule has 2 atom stereocenters. The fourth-order valence-electron chi connectivity index (χ4n) is 4.27. The second-order valence-electron chi connectivity index (χ2n) is 7.92. The first-order valence-electron chi connectivity index (χ1n) is 9.53. The first kappa shape index (κ1) is 18.5. The quantitative estimate of drug-likeness (QED) is 0.830. The van der Waals surface area contributed by atoms with Crippen molar-refractivity contribution in [2.45, 2.75) is 37.0 Å². The molecule has 5 heteroatoms. The zero-order valence-electron chi connectivity index (χ0n) is 15.1. The van der Waals surface area contributed by atoms with Gasteiger partial charge in [0.05, 0.1) is 11.2 Å². The summed E-state index contributed by atoms with van der Waals surface area (Å²) in [5, 5.41) is 10.9. The molecule has 2 aromatic rings. The number of benzene rings is 2. The molecule has 144 valence electrons. The van der Waals surface area contributed by atoms with Crippen molar-refractivity contribution in [2.24, 2.45) is 5.92 Å². The van der Waals surface area contributed by atoms with Gasteiger partial charge in [-0.1, -0.05) is 42.5 Å². The van der Waals surface area contributed by atoms with Gasteiger partial charge in [-0.3, -0.25) is 0 Å². The Kier molecular flexibility index (Phi) is 4.77. The van der Waals surface area contributed by atoms with Gasteiger partial charge in [0.1, 0.15) is 0 Å². The molecule has 1 N–H and O–H groups in total. The molecule has 2 nitrogen and oxygen atoms in total. The molecule has 2 unspecified atom stereocenters. The first-order chi connectivity index (χ1) is 12.9. The predicted octanol–water partition coefficient (Wildman–Crippen LogP) is 4.79. The van der Waals surface area contributed by atoms with E-state index in [0.29, 0.717) is 43.3 Å². The fourth-order valence-corrected chi connectivity index (χ4v) is 4.27. The van der Waals surface area contributed by atoms with Crippen LogP contribution < -0.4 is 0 Å². The van der Waals surface area contributed by atoms with Crippen LogP contribution in [0.4, 0.5) is 13.2 Å². The van der Waals surface area contributed by atoms with Crippen molar-refractivity contribution in [3.8, 4) is 0 Å². The van der Waals surface area contributed by atoms with Crippen molar-refractivity contribution in [1.82, 2.24) is 4.90 Å². The molecule has 1 saturated carbocycles. The minimum Gasteiger partial charge on any atom is -0.385 e. The van der Waals surface area contributed by atoms with Crippen molar-refractivity contribution >= 4 is 0 Å². The number of alkyl halides is 3. The van der Waals surface area contributed by atoms with Crippen LogP contribution in [-0.4, -0.2) is 29.6 Å². The van der Waals surface area contributed by atoms with Gasteiger partial charge in [0.15, 0.2) is 0 Å². The highest BCUT2D eigenvalue weighted by molar-refractivity contribution is 5.30. The van der Waals surface area contributed by atoms with Crippen LogP contribution in [0, 0.1) is 5.92 Å². The van der Waals surface area contributed by atoms with Crippen LogP contribution >= 0.6 is 0 Å². The third kappa shape index (κ3) is 4.04. The van der Waals surface area contributed by atoms with Gasteiger partial charge in [0.2, 0.25) is 0 Å². The van der Waals surface area contributed by atoms with Crippen LogP contribution in [-0.2, 0) is 11.8 Å². The van der Waals surface area contributed by atoms with Crippen LogP contribution in [0.15, 0.2) is 54.6 Å². The number of rotatable bonds is 4. The Labute approximate surface area is 157 Å². The van der Waals surface area contributed by atoms with E-state index in [1.54, 1.807) is 6.07 Å². The van der Waals surface area contributed by atoms with Crippen LogP contribution in [0.3, 0.4) is 0 Å². The van der Waals surface area contributed by atoms with Crippen molar-refractivity contribution in [3.63, 3.8) is 0 Å². The Hall–Kier alpha value is -1.85. The zero-order chi connectivity index (χ0) is 19.1. The number of hydrogen-bond donors (Lipinski definition) is 1. The maximum Gasteiger partial charge on any atom is 0.416 e. The number of aliphatic hydroxyl groups is 1. The molecule has 1 aliphatic heterocycles. The standard InChI is InChI=1S/C22H24F3NO/c23-22(24,25)19-8-4-7-18(14-19)21(27)9-11-26(12-10-21)15-17-13-20(17)16-5-2-1-3-6-16/h1-8,14,17,20,27H,9-13,15H2. The smallest absolute Gasteiger partial charge is 0.385 e. The highest BCUT2D eigenvalue weighted by atomic mass is 19.4. The molecule has 1 heterocycles. The van der Waals surface area contributed by atoms with E-state index in [4.69, 9.17) is 0 Å². The summed E-state index contributed by atoms with van der Waals surface area (Å²) < 4.78 is 38.9. The predicted molar refractivity (Wildman–Crippen MR) is 98.3 cm³/mol. The first-order valence-corrected chi connectivity index (χ1v) is 9.53. The van der Waals surface area contributed by atoms with Crippen molar-refractivity contribution in [3.05, 3.63) is 71.3 Å². The molecule has 2 aromatic carbocycles. The van der Waals surface area contributed by atoms with Crippen LogP contribution in [0.2, 0.25) is 0 Å². The average molecular weight is 375 g/mol. The Bertz CT molecular complexity index is 782. The van der Waals surface area contributed by atoms with Crippen molar-refractivity contribution in [1.29, 1.82) is 0 Å². The van der Waals surface area contributed by atoms with E-state index in [1.165, 1.54) is 18.1 Å². The molecule has 0 radical (unpaired) electrons. The zero-order valence-corrected chi connectivity index (χ0v) is 15.1. The minimum absolute atomic E-state index is 0.380. The van der Waals surface area contributed by atoms with E-state index < -0.39 is 17.3 Å². The van der Waals surface area contributed by atoms with Gasteiger partial charge in [-0.15, -0.1) is 0 Å². The summed E-state index contributed by atoms with van der Waals surface area (Å²) in [4.78, 5) is 2.34. The third-order valence-corrected chi connectivity index (χ3v) is 6.05. The van der Waals surface area contributed by atoms with Gasteiger partial charge in [-0.2, -0.15) is 13.2 Å². The molecule has 2 fully saturated rings. The molecule has 1 aliphatic carbocycles. The second kappa shape index (κ2) is 6.95. The Morgan fingerprint density at radius 2 is 1.70 bits per heavy atom. The number of halogens is 3. The Morgan fingerprint density at radius 1 is 1.00 bits per heavy atom. The number of hydrogen-bond acceptors (Lipinski definition) is 2. The molecule has 1 saturated heterocycles. The highest BCUT2D eigenvalue weighted by Crippen LogP contribution is 2.48. The fraction of sp³-hybridized carbons (Fsp3) is 0.455. The van der Waals surface area contributed by atoms with E-state index in [9.17, 15) is 18.3 Å². The summed E-state index contributed by atoms with van der Waals surface area (Å²) in [7, 11) is 0. The summed E-state index contributed by atoms with van der Waals surface area (Å²) in [6, 6.07) is 15.7. The SMILES string of the molecule is OC1(c2cccc(C(F)(F)F)c2)CCN(CC2CC2c2ccccc2)CC1. The van der Waals surface area contributed by atoms with E-state index >= 15 is 0 Å². The molecule has 0 spiro atoms. The van der Waals surface area contributed by atoms with E-state index in [0.717, 1.165) is 18.7 Å². The van der Waals surface area contributed by atoms with Gasteiger partial charge >= 0.3 is 6.18 Å². The van der Waals surface area contributed by atoms with E-state index in [1.807, 2.05) is 6.07 Å². The lowest BCUT2D eigenvalue weighted by atomic mass is 9.83. The van der Waals surface area contributed by atoms with Crippen LogP contribution in [0.25, 0.3) is 0 Å². The average Bonchev–Trinajstić information content (AvgIpc) is 3.43. The van der Waals surface area contributed by atoms with E-state index in [-0.39, 0.29) is 0 Å². The molecule has 27 heavy (non-hydrogen) atoms. The summed E-state index contributed by atoms with van der Waals surface area (Å²) >= 11 is 0. The van der Waals surface area contributed by atoms with Crippen molar-refractivity contribution in [2.75, 3.05) is 19.6 Å². The Balaban J connectivity index is 1.35. The minimum atomic E-state index is -4.38. The summed E-state index contributed by atoms with van der Waals surface area (Å²) in [6.07, 6.45) is -2.25. The van der Waals surface area contributed by atoms with Gasteiger partial charge in [0.25, 0.3) is 0 Å². The highest BCUT2D eigenvalue weighted by Gasteiger charge is 2.42. The summed E-state index contributed by atoms with van der Waals surface area (Å²) in [5.41, 5.74) is -0.0924. The maximum absolute atomic E-state index is 13.0. The van der Waals surface area contributed by atoms with E-state index in [2.05, 4.69) is 29.2 Å². The monoisotopic (exact) mass is 375 g/mol. The number of likely N-dealkylation sites (tertiary alicyclic amines) is 1. The maximum atomic E-state index is 13.0. The molecule has 2 aliphatic rings. The molecular formula is C22H24F3NO. The van der Waals surface area contributed by atoms with Gasteiger partial charge in [-0.05, 0) is 54.4 Å². The number of piperidine rings is 1. The van der Waals surface area contributed by atoms with Gasteiger partial charge in [0, 0.05) is 19.6 Å². The molecular weight excluding hydrogens is 351 g/mol. The topological polar surface area (TPSA) is 23.5 Å².